The Hall–Kier alpha value is -4.00. The Morgan fingerprint density at radius 1 is 0.562 bits per heavy atom. The highest BCUT2D eigenvalue weighted by atomic mass is 16.3. The van der Waals surface area contributed by atoms with Gasteiger partial charge in [0.25, 0.3) is 0 Å². The van der Waals surface area contributed by atoms with Gasteiger partial charge in [0.15, 0.2) is 12.5 Å². The van der Waals surface area contributed by atoms with Crippen molar-refractivity contribution in [2.24, 2.45) is 0 Å². The molecule has 0 amide bonds. The fourth-order valence-electron chi connectivity index (χ4n) is 5.59. The molecule has 0 spiro atoms. The van der Waals surface area contributed by atoms with Crippen LogP contribution in [-0.2, 0) is 0 Å². The van der Waals surface area contributed by atoms with Crippen molar-refractivity contribution < 1.29 is 10.2 Å². The van der Waals surface area contributed by atoms with Crippen LogP contribution in [0.3, 0.4) is 0 Å². The van der Waals surface area contributed by atoms with Crippen LogP contribution in [0.5, 0.6) is 0 Å². The highest BCUT2D eigenvalue weighted by Crippen LogP contribution is 2.49. The van der Waals surface area contributed by atoms with Gasteiger partial charge in [-0.25, -0.2) is 9.97 Å². The van der Waals surface area contributed by atoms with Gasteiger partial charge in [-0.05, 0) is 24.3 Å². The van der Waals surface area contributed by atoms with Crippen molar-refractivity contribution in [3.05, 3.63) is 83.9 Å². The van der Waals surface area contributed by atoms with Gasteiger partial charge in [0.05, 0.1) is 22.1 Å². The number of nitrogens with zero attached hydrogens (tertiary/aromatic N) is 4. The molecule has 0 fully saturated rings. The van der Waals surface area contributed by atoms with Crippen LogP contribution in [0.4, 0.5) is 0 Å². The maximum absolute atomic E-state index is 11.4. The van der Waals surface area contributed by atoms with Gasteiger partial charge in [-0.15, -0.1) is 0 Å². The lowest BCUT2D eigenvalue weighted by Crippen LogP contribution is -2.20. The van der Waals surface area contributed by atoms with Gasteiger partial charge in [0.2, 0.25) is 0 Å². The summed E-state index contributed by atoms with van der Waals surface area (Å²) in [6.45, 7) is 0. The number of para-hydroxylation sites is 4. The first kappa shape index (κ1) is 16.7. The molecule has 0 bridgehead atoms. The SMILES string of the molecule is OC1c2ccc3c4c(ccc(c24)-c2nc4ccccc4n21)C(O)n1c-3nc2ccccc21. The zero-order valence-corrected chi connectivity index (χ0v) is 16.8. The third-order valence-corrected chi connectivity index (χ3v) is 6.94. The Bertz CT molecular complexity index is 1650. The fraction of sp³-hybridized carbons (Fsp3) is 0.0769. The average Bonchev–Trinajstić information content (AvgIpc) is 3.40. The average molecular weight is 416 g/mol. The lowest BCUT2D eigenvalue weighted by molar-refractivity contribution is 0.150. The van der Waals surface area contributed by atoms with Crippen LogP contribution in [0.15, 0.2) is 72.8 Å². The third kappa shape index (κ3) is 1.76. The van der Waals surface area contributed by atoms with Crippen molar-refractivity contribution in [3.8, 4) is 22.8 Å². The first-order chi connectivity index (χ1) is 15.7. The lowest BCUT2D eigenvalue weighted by atomic mass is 9.86. The van der Waals surface area contributed by atoms with E-state index >= 15 is 0 Å². The topological polar surface area (TPSA) is 76.1 Å². The van der Waals surface area contributed by atoms with E-state index in [1.165, 1.54) is 0 Å². The summed E-state index contributed by atoms with van der Waals surface area (Å²) in [7, 11) is 0. The van der Waals surface area contributed by atoms with E-state index in [1.54, 1.807) is 0 Å². The van der Waals surface area contributed by atoms with Crippen LogP contribution in [-0.4, -0.2) is 29.3 Å². The summed E-state index contributed by atoms with van der Waals surface area (Å²) < 4.78 is 3.78. The maximum Gasteiger partial charge on any atom is 0.159 e. The summed E-state index contributed by atoms with van der Waals surface area (Å²) in [5, 5.41) is 24.7. The second-order valence-corrected chi connectivity index (χ2v) is 8.49. The van der Waals surface area contributed by atoms with Crippen molar-refractivity contribution in [3.63, 3.8) is 0 Å². The number of fused-ring (bicyclic) bond motifs is 8. The molecule has 4 heterocycles. The number of rotatable bonds is 0. The number of aromatic nitrogens is 4. The lowest BCUT2D eigenvalue weighted by Gasteiger charge is -2.31. The first-order valence-corrected chi connectivity index (χ1v) is 10.6. The molecule has 0 radical (unpaired) electrons. The second-order valence-electron chi connectivity index (χ2n) is 8.49. The number of hydrogen-bond donors (Lipinski definition) is 2. The molecule has 2 aliphatic heterocycles. The fourth-order valence-corrected chi connectivity index (χ4v) is 5.59. The summed E-state index contributed by atoms with van der Waals surface area (Å²) in [6, 6.07) is 23.7. The molecule has 2 unspecified atom stereocenters. The monoisotopic (exact) mass is 416 g/mol. The molecule has 4 aromatic carbocycles. The molecule has 2 aromatic heterocycles. The smallest absolute Gasteiger partial charge is 0.159 e. The van der Waals surface area contributed by atoms with E-state index in [-0.39, 0.29) is 0 Å². The summed E-state index contributed by atoms with van der Waals surface area (Å²) in [4.78, 5) is 9.70. The van der Waals surface area contributed by atoms with Gasteiger partial charge in [0, 0.05) is 33.0 Å². The molecule has 2 aliphatic rings. The molecule has 2 atom stereocenters. The minimum atomic E-state index is -0.855. The molecule has 0 saturated carbocycles. The van der Waals surface area contributed by atoms with Gasteiger partial charge in [-0.1, -0.05) is 48.5 Å². The number of hydrogen-bond acceptors (Lipinski definition) is 4. The van der Waals surface area contributed by atoms with Crippen molar-refractivity contribution in [2.45, 2.75) is 12.5 Å². The summed E-state index contributed by atoms with van der Waals surface area (Å²) in [6.07, 6.45) is -1.71. The number of aliphatic hydroxyl groups excluding tert-OH is 2. The van der Waals surface area contributed by atoms with Crippen molar-refractivity contribution >= 4 is 32.8 Å². The van der Waals surface area contributed by atoms with E-state index in [2.05, 4.69) is 0 Å². The zero-order valence-electron chi connectivity index (χ0n) is 16.8. The van der Waals surface area contributed by atoms with Gasteiger partial charge >= 0.3 is 0 Å². The van der Waals surface area contributed by atoms with Crippen LogP contribution in [0.25, 0.3) is 55.6 Å². The van der Waals surface area contributed by atoms with Crippen LogP contribution in [0.2, 0.25) is 0 Å². The van der Waals surface area contributed by atoms with E-state index < -0.39 is 12.5 Å². The van der Waals surface area contributed by atoms with E-state index in [0.29, 0.717) is 0 Å². The minimum Gasteiger partial charge on any atom is -0.369 e. The second kappa shape index (κ2) is 5.43. The van der Waals surface area contributed by atoms with Gasteiger partial charge < -0.3 is 10.2 Å². The molecule has 152 valence electrons. The van der Waals surface area contributed by atoms with Gasteiger partial charge in [-0.3, -0.25) is 9.13 Å². The molecule has 0 aliphatic carbocycles. The van der Waals surface area contributed by atoms with E-state index in [9.17, 15) is 10.2 Å². The highest BCUT2D eigenvalue weighted by molar-refractivity contribution is 6.10. The Morgan fingerprint density at radius 2 is 1.00 bits per heavy atom. The zero-order chi connectivity index (χ0) is 21.1. The molecule has 6 nitrogen and oxygen atoms in total. The van der Waals surface area contributed by atoms with E-state index in [4.69, 9.17) is 9.97 Å². The Morgan fingerprint density at radius 3 is 1.47 bits per heavy atom. The van der Waals surface area contributed by atoms with Crippen LogP contribution >= 0.6 is 0 Å². The summed E-state index contributed by atoms with van der Waals surface area (Å²) in [5.74, 6) is 1.48. The normalized spacial score (nSPS) is 18.3. The number of aliphatic hydroxyl groups is 2. The van der Waals surface area contributed by atoms with Gasteiger partial charge in [-0.2, -0.15) is 0 Å². The highest BCUT2D eigenvalue weighted by Gasteiger charge is 2.35. The predicted octanol–water partition coefficient (Wildman–Crippen LogP) is 4.58. The molecule has 6 aromatic rings. The summed E-state index contributed by atoms with van der Waals surface area (Å²) in [5.41, 5.74) is 7.03. The molecular formula is C26H16N4O2. The van der Waals surface area contributed by atoms with Crippen LogP contribution in [0.1, 0.15) is 23.6 Å². The quantitative estimate of drug-likeness (QED) is 0.380. The molecule has 6 heteroatoms. The van der Waals surface area contributed by atoms with Crippen molar-refractivity contribution in [2.75, 3.05) is 0 Å². The van der Waals surface area contributed by atoms with E-state index in [0.717, 1.165) is 66.7 Å². The minimum absolute atomic E-state index is 0.739. The number of benzene rings is 4. The molecular weight excluding hydrogens is 400 g/mol. The maximum atomic E-state index is 11.4. The Kier molecular flexibility index (Phi) is 2.83. The van der Waals surface area contributed by atoms with Crippen molar-refractivity contribution in [1.82, 2.24) is 19.1 Å². The van der Waals surface area contributed by atoms with Gasteiger partial charge in [0.1, 0.15) is 11.6 Å². The van der Waals surface area contributed by atoms with Crippen LogP contribution < -0.4 is 0 Å². The summed E-state index contributed by atoms with van der Waals surface area (Å²) >= 11 is 0. The first-order valence-electron chi connectivity index (χ1n) is 10.6. The third-order valence-electron chi connectivity index (χ3n) is 6.94. The number of imidazole rings is 2. The standard InChI is InChI=1S/C26H16N4O2/c31-25-15-12-10-14-22-16(26(32)30-20-8-4-2-6-18(20)28-24(14)30)11-9-13(21(15)22)23-27-17-5-1-3-7-19(17)29(23)25/h1-12,25-26,31-32H. The van der Waals surface area contributed by atoms with E-state index in [1.807, 2.05) is 81.9 Å². The van der Waals surface area contributed by atoms with Crippen molar-refractivity contribution in [1.29, 1.82) is 0 Å². The molecule has 8 rings (SSSR count). The van der Waals surface area contributed by atoms with Crippen LogP contribution in [0, 0.1) is 0 Å². The molecule has 2 N–H and O–H groups in total. The molecule has 32 heavy (non-hydrogen) atoms. The Balaban J connectivity index is 1.54. The Labute approximate surface area is 181 Å². The molecule has 0 saturated heterocycles. The largest absolute Gasteiger partial charge is 0.369 e. The predicted molar refractivity (Wildman–Crippen MR) is 122 cm³/mol.